The summed E-state index contributed by atoms with van der Waals surface area (Å²) in [6, 6.07) is 0. The van der Waals surface area contributed by atoms with Gasteiger partial charge in [0, 0.05) is 5.41 Å². The van der Waals surface area contributed by atoms with Gasteiger partial charge in [-0.1, -0.05) is 32.1 Å². The number of isocyanates is 1. The number of hydrogen-bond donors (Lipinski definition) is 0. The first-order valence-electron chi connectivity index (χ1n) is 3.81. The Morgan fingerprint density at radius 3 is 2.83 bits per heavy atom. The van der Waals surface area contributed by atoms with Gasteiger partial charge in [-0.05, 0) is 12.2 Å². The van der Waals surface area contributed by atoms with Gasteiger partial charge in [-0.3, -0.25) is 0 Å². The summed E-state index contributed by atoms with van der Waals surface area (Å²) in [6.07, 6.45) is 11.1. The molecule has 0 fully saturated rings. The minimum absolute atomic E-state index is 0.0425. The molecule has 0 radical (unpaired) electrons. The second-order valence-electron chi connectivity index (χ2n) is 3.31. The molecule has 2 heteroatoms. The SMILES string of the molecule is CC1(C)C=CC=CC(N=C=O)=C1. The molecule has 0 unspecified atom stereocenters. The fourth-order valence-electron chi connectivity index (χ4n) is 1.06. The smallest absolute Gasteiger partial charge is 0.211 e. The van der Waals surface area contributed by atoms with Crippen LogP contribution in [0.1, 0.15) is 13.8 Å². The van der Waals surface area contributed by atoms with Crippen molar-refractivity contribution >= 4 is 6.08 Å². The summed E-state index contributed by atoms with van der Waals surface area (Å²) in [5, 5.41) is 0. The van der Waals surface area contributed by atoms with Crippen LogP contribution in [0.25, 0.3) is 0 Å². The van der Waals surface area contributed by atoms with Gasteiger partial charge in [0.05, 0.1) is 5.70 Å². The molecule has 1 aliphatic carbocycles. The first-order valence-corrected chi connectivity index (χ1v) is 3.81. The van der Waals surface area contributed by atoms with Crippen LogP contribution in [0.5, 0.6) is 0 Å². The maximum atomic E-state index is 10.0. The Kier molecular flexibility index (Phi) is 2.41. The fraction of sp³-hybridized carbons (Fsp3) is 0.300. The van der Waals surface area contributed by atoms with Gasteiger partial charge in [0.1, 0.15) is 0 Å². The molecule has 0 aromatic heterocycles. The minimum atomic E-state index is -0.0425. The van der Waals surface area contributed by atoms with Gasteiger partial charge in [-0.25, -0.2) is 4.79 Å². The van der Waals surface area contributed by atoms with Crippen LogP contribution in [0.3, 0.4) is 0 Å². The number of allylic oxidation sites excluding steroid dienone is 5. The molecule has 1 aliphatic rings. The van der Waals surface area contributed by atoms with Crippen LogP contribution < -0.4 is 0 Å². The van der Waals surface area contributed by atoms with Crippen molar-refractivity contribution in [3.63, 3.8) is 0 Å². The summed E-state index contributed by atoms with van der Waals surface area (Å²) in [4.78, 5) is 13.6. The van der Waals surface area contributed by atoms with Crippen LogP contribution in [0.2, 0.25) is 0 Å². The highest BCUT2D eigenvalue weighted by molar-refractivity contribution is 5.41. The van der Waals surface area contributed by atoms with E-state index in [0.717, 1.165) is 0 Å². The van der Waals surface area contributed by atoms with Gasteiger partial charge in [0.2, 0.25) is 6.08 Å². The van der Waals surface area contributed by atoms with Crippen LogP contribution in [0, 0.1) is 5.41 Å². The third kappa shape index (κ3) is 2.33. The molecule has 0 saturated heterocycles. The number of hydrogen-bond acceptors (Lipinski definition) is 2. The highest BCUT2D eigenvalue weighted by Crippen LogP contribution is 2.23. The van der Waals surface area contributed by atoms with Gasteiger partial charge in [0.25, 0.3) is 0 Å². The van der Waals surface area contributed by atoms with Crippen LogP contribution in [0.4, 0.5) is 0 Å². The average molecular weight is 161 g/mol. The number of aliphatic imine (C=N–C) groups is 1. The summed E-state index contributed by atoms with van der Waals surface area (Å²) >= 11 is 0. The second-order valence-corrected chi connectivity index (χ2v) is 3.31. The quantitative estimate of drug-likeness (QED) is 0.428. The van der Waals surface area contributed by atoms with Crippen molar-refractivity contribution in [2.45, 2.75) is 13.8 Å². The molecule has 0 heterocycles. The van der Waals surface area contributed by atoms with Crippen molar-refractivity contribution in [1.82, 2.24) is 0 Å². The van der Waals surface area contributed by atoms with E-state index in [1.54, 1.807) is 6.08 Å². The Hall–Kier alpha value is -1.40. The standard InChI is InChI=1S/C10H11NO/c1-10(2)6-4-3-5-9(7-10)11-8-12/h3-7H,1-2H3. The Morgan fingerprint density at radius 2 is 2.17 bits per heavy atom. The summed E-state index contributed by atoms with van der Waals surface area (Å²) in [7, 11) is 0. The first-order chi connectivity index (χ1) is 5.64. The van der Waals surface area contributed by atoms with Crippen LogP contribution in [0.15, 0.2) is 41.1 Å². The lowest BCUT2D eigenvalue weighted by molar-refractivity contribution is 0.564. The third-order valence-corrected chi connectivity index (χ3v) is 1.60. The summed E-state index contributed by atoms with van der Waals surface area (Å²) in [6.45, 7) is 4.10. The minimum Gasteiger partial charge on any atom is -0.211 e. The van der Waals surface area contributed by atoms with Crippen molar-refractivity contribution in [2.24, 2.45) is 10.4 Å². The third-order valence-electron chi connectivity index (χ3n) is 1.60. The van der Waals surface area contributed by atoms with E-state index in [1.165, 1.54) is 6.08 Å². The molecule has 0 aliphatic heterocycles. The highest BCUT2D eigenvalue weighted by atomic mass is 16.1. The zero-order valence-corrected chi connectivity index (χ0v) is 7.24. The number of nitrogens with zero attached hydrogens (tertiary/aromatic N) is 1. The Morgan fingerprint density at radius 1 is 1.42 bits per heavy atom. The first kappa shape index (κ1) is 8.69. The molecule has 1 rings (SSSR count). The molecule has 0 bridgehead atoms. The molecule has 0 N–H and O–H groups in total. The van der Waals surface area contributed by atoms with Crippen molar-refractivity contribution in [3.8, 4) is 0 Å². The molecule has 0 aromatic rings. The molecule has 0 amide bonds. The predicted molar refractivity (Wildman–Crippen MR) is 48.3 cm³/mol. The van der Waals surface area contributed by atoms with E-state index in [2.05, 4.69) is 24.9 Å². The van der Waals surface area contributed by atoms with Gasteiger partial charge in [-0.2, -0.15) is 4.99 Å². The van der Waals surface area contributed by atoms with E-state index in [9.17, 15) is 4.79 Å². The van der Waals surface area contributed by atoms with Crippen molar-refractivity contribution in [3.05, 3.63) is 36.1 Å². The Bertz CT molecular complexity index is 302. The molecule has 0 aromatic carbocycles. The molecule has 2 nitrogen and oxygen atoms in total. The average Bonchev–Trinajstić information content (AvgIpc) is 2.11. The summed E-state index contributed by atoms with van der Waals surface area (Å²) in [5.74, 6) is 0. The zero-order chi connectivity index (χ0) is 9.03. The zero-order valence-electron chi connectivity index (χ0n) is 7.24. The van der Waals surface area contributed by atoms with E-state index < -0.39 is 0 Å². The van der Waals surface area contributed by atoms with Crippen molar-refractivity contribution in [1.29, 1.82) is 0 Å². The lowest BCUT2D eigenvalue weighted by Crippen LogP contribution is -2.01. The molecule has 0 spiro atoms. The molecule has 0 saturated carbocycles. The van der Waals surface area contributed by atoms with Crippen molar-refractivity contribution in [2.75, 3.05) is 0 Å². The maximum absolute atomic E-state index is 10.0. The van der Waals surface area contributed by atoms with E-state index >= 15 is 0 Å². The summed E-state index contributed by atoms with van der Waals surface area (Å²) < 4.78 is 0. The van der Waals surface area contributed by atoms with Gasteiger partial charge < -0.3 is 0 Å². The lowest BCUT2D eigenvalue weighted by Gasteiger charge is -2.13. The van der Waals surface area contributed by atoms with Crippen LogP contribution in [-0.2, 0) is 4.79 Å². The van der Waals surface area contributed by atoms with Crippen LogP contribution in [-0.4, -0.2) is 6.08 Å². The van der Waals surface area contributed by atoms with E-state index in [0.29, 0.717) is 5.70 Å². The molecule has 62 valence electrons. The monoisotopic (exact) mass is 161 g/mol. The Labute approximate surface area is 72.0 Å². The topological polar surface area (TPSA) is 29.4 Å². The largest absolute Gasteiger partial charge is 0.240 e. The lowest BCUT2D eigenvalue weighted by atomic mass is 9.93. The second kappa shape index (κ2) is 3.33. The van der Waals surface area contributed by atoms with Gasteiger partial charge in [-0.15, -0.1) is 0 Å². The fourth-order valence-corrected chi connectivity index (χ4v) is 1.06. The van der Waals surface area contributed by atoms with Gasteiger partial charge in [0.15, 0.2) is 0 Å². The molecule has 12 heavy (non-hydrogen) atoms. The molecular formula is C10H11NO. The summed E-state index contributed by atoms with van der Waals surface area (Å²) in [5.41, 5.74) is 0.624. The maximum Gasteiger partial charge on any atom is 0.240 e. The highest BCUT2D eigenvalue weighted by Gasteiger charge is 2.11. The number of rotatable bonds is 1. The van der Waals surface area contributed by atoms with Crippen LogP contribution >= 0.6 is 0 Å². The van der Waals surface area contributed by atoms with E-state index in [-0.39, 0.29) is 5.41 Å². The van der Waals surface area contributed by atoms with Gasteiger partial charge >= 0.3 is 0 Å². The van der Waals surface area contributed by atoms with E-state index in [1.807, 2.05) is 18.2 Å². The Balaban J connectivity index is 3.02. The predicted octanol–water partition coefficient (Wildman–Crippen LogP) is 2.36. The van der Waals surface area contributed by atoms with E-state index in [4.69, 9.17) is 0 Å². The molecular weight excluding hydrogens is 150 g/mol. The normalized spacial score (nSPS) is 19.3. The van der Waals surface area contributed by atoms with Crippen molar-refractivity contribution < 1.29 is 4.79 Å². The number of carbonyl (C=O) groups excluding carboxylic acids is 1. The molecule has 0 atom stereocenters.